The van der Waals surface area contributed by atoms with Crippen molar-refractivity contribution in [2.24, 2.45) is 0 Å². The molecule has 0 spiro atoms. The van der Waals surface area contributed by atoms with E-state index < -0.39 is 0 Å². The Labute approximate surface area is 118 Å². The molecule has 0 aromatic carbocycles. The topological polar surface area (TPSA) is 51.7 Å². The smallest absolute Gasteiger partial charge is 0.293 e. The Hall–Kier alpha value is -2.04. The first-order valence-corrected chi connectivity index (χ1v) is 6.96. The molecule has 1 saturated heterocycles. The highest BCUT2D eigenvalue weighted by Gasteiger charge is 2.34. The molecule has 0 aliphatic carbocycles. The van der Waals surface area contributed by atoms with Crippen molar-refractivity contribution in [1.82, 2.24) is 9.88 Å². The largest absolute Gasteiger partial charge is 0.491 e. The fourth-order valence-corrected chi connectivity index (χ4v) is 2.74. The van der Waals surface area contributed by atoms with Gasteiger partial charge in [-0.05, 0) is 31.9 Å². The molecule has 3 heterocycles. The minimum absolute atomic E-state index is 0.0366. The number of pyridine rings is 1. The third-order valence-corrected chi connectivity index (χ3v) is 3.71. The highest BCUT2D eigenvalue weighted by atomic mass is 16.6. The molecular weight excluding hydrogens is 256 g/mol. The quantitative estimate of drug-likeness (QED) is 0.828. The standard InChI is InChI=1S/C15H18N2O3/c1-11-14(20-10-9-19-11)15(18)17-8-4-6-13(17)12-5-2-3-7-16-12/h2-3,5,7,13H,4,6,8-10H2,1H3. The molecule has 0 saturated carbocycles. The maximum absolute atomic E-state index is 12.6. The molecule has 0 N–H and O–H groups in total. The van der Waals surface area contributed by atoms with Gasteiger partial charge in [-0.2, -0.15) is 0 Å². The fraction of sp³-hybridized carbons (Fsp3) is 0.467. The average molecular weight is 274 g/mol. The molecule has 106 valence electrons. The van der Waals surface area contributed by atoms with Crippen LogP contribution < -0.4 is 0 Å². The number of hydrogen-bond acceptors (Lipinski definition) is 4. The summed E-state index contributed by atoms with van der Waals surface area (Å²) in [5.74, 6) is 0.836. The van der Waals surface area contributed by atoms with E-state index in [1.807, 2.05) is 23.1 Å². The van der Waals surface area contributed by atoms with Crippen molar-refractivity contribution in [2.75, 3.05) is 19.8 Å². The second kappa shape index (κ2) is 5.53. The van der Waals surface area contributed by atoms with Gasteiger partial charge in [0.25, 0.3) is 5.91 Å². The van der Waals surface area contributed by atoms with Gasteiger partial charge in [0.05, 0.1) is 11.7 Å². The number of aromatic nitrogens is 1. The highest BCUT2D eigenvalue weighted by molar-refractivity contribution is 5.92. The first-order valence-electron chi connectivity index (χ1n) is 6.96. The fourth-order valence-electron chi connectivity index (χ4n) is 2.74. The zero-order valence-electron chi connectivity index (χ0n) is 11.5. The van der Waals surface area contributed by atoms with Crippen molar-refractivity contribution in [3.8, 4) is 0 Å². The van der Waals surface area contributed by atoms with E-state index in [2.05, 4.69) is 4.98 Å². The van der Waals surface area contributed by atoms with Gasteiger partial charge < -0.3 is 14.4 Å². The van der Waals surface area contributed by atoms with Crippen molar-refractivity contribution >= 4 is 5.91 Å². The Morgan fingerprint density at radius 2 is 2.20 bits per heavy atom. The van der Waals surface area contributed by atoms with Crippen LogP contribution >= 0.6 is 0 Å². The second-order valence-electron chi connectivity index (χ2n) is 4.99. The van der Waals surface area contributed by atoms with Gasteiger partial charge in [-0.3, -0.25) is 9.78 Å². The van der Waals surface area contributed by atoms with Crippen molar-refractivity contribution < 1.29 is 14.3 Å². The van der Waals surface area contributed by atoms with Gasteiger partial charge in [0.15, 0.2) is 0 Å². The summed E-state index contributed by atoms with van der Waals surface area (Å²) in [4.78, 5) is 18.8. The molecule has 1 atom stereocenters. The molecule has 5 heteroatoms. The lowest BCUT2D eigenvalue weighted by molar-refractivity contribution is -0.133. The van der Waals surface area contributed by atoms with E-state index in [1.54, 1.807) is 13.1 Å². The number of ether oxygens (including phenoxy) is 2. The molecule has 1 unspecified atom stereocenters. The SMILES string of the molecule is CC1=C(C(=O)N2CCCC2c2ccccn2)OCCO1. The average Bonchev–Trinajstić information content (AvgIpc) is 2.97. The molecular formula is C15H18N2O3. The normalized spacial score (nSPS) is 22.4. The van der Waals surface area contributed by atoms with Crippen LogP contribution in [0.2, 0.25) is 0 Å². The molecule has 0 bridgehead atoms. The van der Waals surface area contributed by atoms with Gasteiger partial charge in [-0.15, -0.1) is 0 Å². The number of rotatable bonds is 2. The Morgan fingerprint density at radius 3 is 2.95 bits per heavy atom. The highest BCUT2D eigenvalue weighted by Crippen LogP contribution is 2.32. The van der Waals surface area contributed by atoms with Gasteiger partial charge in [-0.25, -0.2) is 0 Å². The van der Waals surface area contributed by atoms with Crippen LogP contribution in [0.4, 0.5) is 0 Å². The maximum atomic E-state index is 12.6. The van der Waals surface area contributed by atoms with Crippen LogP contribution in [0.5, 0.6) is 0 Å². The summed E-state index contributed by atoms with van der Waals surface area (Å²) in [5.41, 5.74) is 0.938. The third kappa shape index (κ3) is 2.35. The molecule has 1 aromatic heterocycles. The number of carbonyl (C=O) groups excluding carboxylic acids is 1. The van der Waals surface area contributed by atoms with Crippen LogP contribution in [-0.4, -0.2) is 35.5 Å². The zero-order valence-corrected chi connectivity index (χ0v) is 11.5. The van der Waals surface area contributed by atoms with E-state index in [9.17, 15) is 4.79 Å². The van der Waals surface area contributed by atoms with E-state index in [1.165, 1.54) is 0 Å². The minimum Gasteiger partial charge on any atom is -0.491 e. The van der Waals surface area contributed by atoms with Crippen LogP contribution in [0.1, 0.15) is 31.5 Å². The number of nitrogens with zero attached hydrogens (tertiary/aromatic N) is 2. The lowest BCUT2D eigenvalue weighted by Crippen LogP contribution is -2.35. The van der Waals surface area contributed by atoms with Crippen molar-refractivity contribution in [1.29, 1.82) is 0 Å². The van der Waals surface area contributed by atoms with Gasteiger partial charge >= 0.3 is 0 Å². The van der Waals surface area contributed by atoms with Crippen LogP contribution in [0, 0.1) is 0 Å². The summed E-state index contributed by atoms with van der Waals surface area (Å²) in [6.07, 6.45) is 3.69. The molecule has 1 amide bonds. The Bertz CT molecular complexity index is 527. The van der Waals surface area contributed by atoms with E-state index in [-0.39, 0.29) is 11.9 Å². The van der Waals surface area contributed by atoms with Crippen LogP contribution in [-0.2, 0) is 14.3 Å². The minimum atomic E-state index is -0.0876. The predicted molar refractivity (Wildman–Crippen MR) is 72.5 cm³/mol. The monoisotopic (exact) mass is 274 g/mol. The van der Waals surface area contributed by atoms with Crippen LogP contribution in [0.15, 0.2) is 35.9 Å². The third-order valence-electron chi connectivity index (χ3n) is 3.71. The Kier molecular flexibility index (Phi) is 3.58. The Morgan fingerprint density at radius 1 is 1.35 bits per heavy atom. The van der Waals surface area contributed by atoms with E-state index >= 15 is 0 Å². The van der Waals surface area contributed by atoms with Gasteiger partial charge in [0.2, 0.25) is 5.76 Å². The van der Waals surface area contributed by atoms with Crippen molar-refractivity contribution in [3.05, 3.63) is 41.6 Å². The van der Waals surface area contributed by atoms with Crippen LogP contribution in [0.3, 0.4) is 0 Å². The van der Waals surface area contributed by atoms with E-state index in [0.717, 1.165) is 25.1 Å². The summed E-state index contributed by atoms with van der Waals surface area (Å²) in [6.45, 7) is 3.45. The first kappa shape index (κ1) is 13.0. The van der Waals surface area contributed by atoms with Gasteiger partial charge in [-0.1, -0.05) is 6.07 Å². The summed E-state index contributed by atoms with van der Waals surface area (Å²) in [6, 6.07) is 5.84. The lowest BCUT2D eigenvalue weighted by atomic mass is 10.1. The summed E-state index contributed by atoms with van der Waals surface area (Å²) < 4.78 is 10.9. The molecule has 20 heavy (non-hydrogen) atoms. The number of carbonyl (C=O) groups is 1. The summed E-state index contributed by atoms with van der Waals surface area (Å²) in [7, 11) is 0. The first-order chi connectivity index (χ1) is 9.77. The molecule has 1 aromatic rings. The van der Waals surface area contributed by atoms with E-state index in [4.69, 9.17) is 9.47 Å². The maximum Gasteiger partial charge on any atom is 0.293 e. The molecule has 3 rings (SSSR count). The summed E-state index contributed by atoms with van der Waals surface area (Å²) >= 11 is 0. The molecule has 2 aliphatic rings. The molecule has 5 nitrogen and oxygen atoms in total. The van der Waals surface area contributed by atoms with Gasteiger partial charge in [0, 0.05) is 12.7 Å². The number of likely N-dealkylation sites (tertiary alicyclic amines) is 1. The number of amides is 1. The van der Waals surface area contributed by atoms with Crippen molar-refractivity contribution in [3.63, 3.8) is 0 Å². The Balaban J connectivity index is 1.84. The predicted octanol–water partition coefficient (Wildman–Crippen LogP) is 2.02. The van der Waals surface area contributed by atoms with Crippen LogP contribution in [0.25, 0.3) is 0 Å². The van der Waals surface area contributed by atoms with Crippen molar-refractivity contribution in [2.45, 2.75) is 25.8 Å². The number of hydrogen-bond donors (Lipinski definition) is 0. The number of allylic oxidation sites excluding steroid dienone is 1. The zero-order chi connectivity index (χ0) is 13.9. The summed E-state index contributed by atoms with van der Waals surface area (Å²) in [5, 5.41) is 0. The van der Waals surface area contributed by atoms with Gasteiger partial charge in [0.1, 0.15) is 19.0 Å². The van der Waals surface area contributed by atoms with E-state index in [0.29, 0.717) is 24.7 Å². The molecule has 2 aliphatic heterocycles. The lowest BCUT2D eigenvalue weighted by Gasteiger charge is -2.27. The molecule has 1 fully saturated rings. The second-order valence-corrected chi connectivity index (χ2v) is 4.99. The molecule has 0 radical (unpaired) electrons.